The monoisotopic (exact) mass is 310 g/mol. The number of aromatic nitrogens is 1. The minimum Gasteiger partial charge on any atom is -0.369 e. The largest absolute Gasteiger partial charge is 0.369 e. The van der Waals surface area contributed by atoms with Crippen molar-refractivity contribution in [2.45, 2.75) is 19.9 Å². The summed E-state index contributed by atoms with van der Waals surface area (Å²) in [5.74, 6) is 0.973. The highest BCUT2D eigenvalue weighted by atomic mass is 15.3. The molecule has 1 saturated heterocycles. The van der Waals surface area contributed by atoms with E-state index in [1.54, 1.807) is 0 Å². The van der Waals surface area contributed by atoms with E-state index < -0.39 is 0 Å². The summed E-state index contributed by atoms with van der Waals surface area (Å²) in [5.41, 5.74) is 2.39. The summed E-state index contributed by atoms with van der Waals surface area (Å²) in [4.78, 5) is 9.52. The van der Waals surface area contributed by atoms with Crippen LogP contribution in [0.4, 0.5) is 11.5 Å². The highest BCUT2D eigenvalue weighted by Gasteiger charge is 2.18. The second kappa shape index (κ2) is 7.47. The quantitative estimate of drug-likeness (QED) is 0.920. The van der Waals surface area contributed by atoms with Crippen LogP contribution in [0, 0.1) is 6.92 Å². The molecular weight excluding hydrogens is 284 g/mol. The normalized spacial score (nSPS) is 17.0. The van der Waals surface area contributed by atoms with Gasteiger partial charge in [-0.15, -0.1) is 0 Å². The Morgan fingerprint density at radius 1 is 1.00 bits per heavy atom. The van der Waals surface area contributed by atoms with Gasteiger partial charge in [0, 0.05) is 50.1 Å². The molecule has 4 nitrogen and oxygen atoms in total. The number of para-hydroxylation sites is 1. The number of pyridine rings is 1. The number of nitrogens with zero attached hydrogens (tertiary/aromatic N) is 3. The predicted molar refractivity (Wildman–Crippen MR) is 97.2 cm³/mol. The average molecular weight is 310 g/mol. The van der Waals surface area contributed by atoms with Crippen LogP contribution in [0.3, 0.4) is 0 Å². The number of benzene rings is 1. The number of nitrogens with one attached hydrogen (secondary N) is 1. The summed E-state index contributed by atoms with van der Waals surface area (Å²) < 4.78 is 0. The van der Waals surface area contributed by atoms with Gasteiger partial charge in [0.2, 0.25) is 0 Å². The van der Waals surface area contributed by atoms with Crippen molar-refractivity contribution in [2.75, 3.05) is 42.9 Å². The van der Waals surface area contributed by atoms with Gasteiger partial charge in [-0.3, -0.25) is 4.90 Å². The van der Waals surface area contributed by atoms with Gasteiger partial charge >= 0.3 is 0 Å². The van der Waals surface area contributed by atoms with Crippen molar-refractivity contribution in [1.82, 2.24) is 9.88 Å². The van der Waals surface area contributed by atoms with Crippen LogP contribution < -0.4 is 10.2 Å². The Morgan fingerprint density at radius 2 is 1.74 bits per heavy atom. The lowest BCUT2D eigenvalue weighted by atomic mass is 10.2. The molecule has 1 aromatic carbocycles. The second-order valence-corrected chi connectivity index (χ2v) is 6.33. The first-order chi connectivity index (χ1) is 11.2. The Labute approximate surface area is 139 Å². The highest BCUT2D eigenvalue weighted by molar-refractivity contribution is 5.46. The average Bonchev–Trinajstić information content (AvgIpc) is 2.56. The number of aryl methyl sites for hydroxylation is 1. The van der Waals surface area contributed by atoms with Crippen LogP contribution in [-0.2, 0) is 0 Å². The van der Waals surface area contributed by atoms with Crippen LogP contribution in [0.5, 0.6) is 0 Å². The van der Waals surface area contributed by atoms with Crippen molar-refractivity contribution in [3.8, 4) is 0 Å². The molecule has 0 spiro atoms. The Morgan fingerprint density at radius 3 is 2.43 bits per heavy atom. The SMILES string of the molecule is Cc1cccc(NC(C)CN2CCN(c3ccccc3)CC2)n1. The first-order valence-electron chi connectivity index (χ1n) is 8.43. The first kappa shape index (κ1) is 15.8. The summed E-state index contributed by atoms with van der Waals surface area (Å²) >= 11 is 0. The summed E-state index contributed by atoms with van der Waals surface area (Å²) in [6.45, 7) is 9.73. The van der Waals surface area contributed by atoms with Gasteiger partial charge in [0.1, 0.15) is 5.82 Å². The molecule has 1 aliphatic heterocycles. The van der Waals surface area contributed by atoms with Crippen molar-refractivity contribution < 1.29 is 0 Å². The van der Waals surface area contributed by atoms with Gasteiger partial charge in [-0.05, 0) is 38.1 Å². The predicted octanol–water partition coefficient (Wildman–Crippen LogP) is 3.01. The van der Waals surface area contributed by atoms with E-state index in [4.69, 9.17) is 0 Å². The van der Waals surface area contributed by atoms with E-state index in [2.05, 4.69) is 63.4 Å². The fourth-order valence-electron chi connectivity index (χ4n) is 3.14. The molecule has 1 N–H and O–H groups in total. The maximum absolute atomic E-state index is 4.52. The molecule has 2 heterocycles. The lowest BCUT2D eigenvalue weighted by Crippen LogP contribution is -2.49. The fourth-order valence-corrected chi connectivity index (χ4v) is 3.14. The first-order valence-corrected chi connectivity index (χ1v) is 8.43. The standard InChI is InChI=1S/C19H26N4/c1-16-7-6-10-19(20-16)21-17(2)15-22-11-13-23(14-12-22)18-8-4-3-5-9-18/h3-10,17H,11-15H2,1-2H3,(H,20,21). The van der Waals surface area contributed by atoms with Crippen LogP contribution in [0.1, 0.15) is 12.6 Å². The molecule has 1 aliphatic rings. The molecule has 0 aliphatic carbocycles. The van der Waals surface area contributed by atoms with Crippen LogP contribution in [0.25, 0.3) is 0 Å². The Hall–Kier alpha value is -2.07. The van der Waals surface area contributed by atoms with Gasteiger partial charge in [0.05, 0.1) is 0 Å². The maximum atomic E-state index is 4.52. The van der Waals surface area contributed by atoms with Crippen molar-refractivity contribution in [2.24, 2.45) is 0 Å². The summed E-state index contributed by atoms with van der Waals surface area (Å²) in [6, 6.07) is 17.2. The van der Waals surface area contributed by atoms with Gasteiger partial charge < -0.3 is 10.2 Å². The van der Waals surface area contributed by atoms with Crippen LogP contribution >= 0.6 is 0 Å². The van der Waals surface area contributed by atoms with Crippen molar-refractivity contribution in [1.29, 1.82) is 0 Å². The smallest absolute Gasteiger partial charge is 0.126 e. The third kappa shape index (κ3) is 4.45. The molecule has 0 amide bonds. The number of piperazine rings is 1. The number of rotatable bonds is 5. The van der Waals surface area contributed by atoms with E-state index >= 15 is 0 Å². The van der Waals surface area contributed by atoms with Gasteiger partial charge in [0.15, 0.2) is 0 Å². The zero-order valence-electron chi connectivity index (χ0n) is 14.1. The van der Waals surface area contributed by atoms with E-state index in [-0.39, 0.29) is 0 Å². The molecule has 1 unspecified atom stereocenters. The third-order valence-corrected chi connectivity index (χ3v) is 4.31. The number of hydrogen-bond donors (Lipinski definition) is 1. The molecule has 2 aromatic rings. The van der Waals surface area contributed by atoms with Crippen LogP contribution in [0.15, 0.2) is 48.5 Å². The van der Waals surface area contributed by atoms with E-state index in [0.29, 0.717) is 6.04 Å². The minimum absolute atomic E-state index is 0.396. The topological polar surface area (TPSA) is 31.4 Å². The lowest BCUT2D eigenvalue weighted by molar-refractivity contribution is 0.251. The van der Waals surface area contributed by atoms with Crippen molar-refractivity contribution in [3.05, 3.63) is 54.2 Å². The molecule has 0 bridgehead atoms. The molecule has 1 fully saturated rings. The van der Waals surface area contributed by atoms with Crippen LogP contribution in [0.2, 0.25) is 0 Å². The van der Waals surface area contributed by atoms with Crippen LogP contribution in [-0.4, -0.2) is 48.6 Å². The molecule has 0 radical (unpaired) electrons. The maximum Gasteiger partial charge on any atom is 0.126 e. The lowest BCUT2D eigenvalue weighted by Gasteiger charge is -2.37. The molecule has 122 valence electrons. The van der Waals surface area contributed by atoms with E-state index in [9.17, 15) is 0 Å². The third-order valence-electron chi connectivity index (χ3n) is 4.31. The minimum atomic E-state index is 0.396. The van der Waals surface area contributed by atoms with Gasteiger partial charge in [-0.25, -0.2) is 4.98 Å². The Kier molecular flexibility index (Phi) is 5.13. The van der Waals surface area contributed by atoms with E-state index in [1.807, 2.05) is 19.1 Å². The highest BCUT2D eigenvalue weighted by Crippen LogP contribution is 2.16. The molecule has 0 saturated carbocycles. The zero-order chi connectivity index (χ0) is 16.1. The molecule has 1 aromatic heterocycles. The summed E-state index contributed by atoms with van der Waals surface area (Å²) in [6.07, 6.45) is 0. The summed E-state index contributed by atoms with van der Waals surface area (Å²) in [7, 11) is 0. The van der Waals surface area contributed by atoms with Gasteiger partial charge in [-0.1, -0.05) is 24.3 Å². The molecule has 3 rings (SSSR count). The molecular formula is C19H26N4. The zero-order valence-corrected chi connectivity index (χ0v) is 14.1. The summed E-state index contributed by atoms with van der Waals surface area (Å²) in [5, 5.41) is 3.51. The Bertz CT molecular complexity index is 606. The fraction of sp³-hybridized carbons (Fsp3) is 0.421. The van der Waals surface area contributed by atoms with Gasteiger partial charge in [-0.2, -0.15) is 0 Å². The van der Waals surface area contributed by atoms with Crippen molar-refractivity contribution >= 4 is 11.5 Å². The van der Waals surface area contributed by atoms with Crippen molar-refractivity contribution in [3.63, 3.8) is 0 Å². The van der Waals surface area contributed by atoms with Gasteiger partial charge in [0.25, 0.3) is 0 Å². The van der Waals surface area contributed by atoms with E-state index in [0.717, 1.165) is 44.2 Å². The van der Waals surface area contributed by atoms with E-state index in [1.165, 1.54) is 5.69 Å². The number of anilines is 2. The second-order valence-electron chi connectivity index (χ2n) is 6.33. The number of hydrogen-bond acceptors (Lipinski definition) is 4. The Balaban J connectivity index is 1.47. The molecule has 4 heteroatoms. The molecule has 1 atom stereocenters. The molecule has 23 heavy (non-hydrogen) atoms.